The molecule has 0 saturated carbocycles. The second-order valence-corrected chi connectivity index (χ2v) is 23.6. The van der Waals surface area contributed by atoms with Crippen molar-refractivity contribution >= 4 is 5.91 Å². The van der Waals surface area contributed by atoms with Crippen molar-refractivity contribution in [3.05, 3.63) is 72.9 Å². The molecule has 1 aliphatic rings. The van der Waals surface area contributed by atoms with Gasteiger partial charge in [-0.1, -0.05) is 299 Å². The van der Waals surface area contributed by atoms with E-state index < -0.39 is 49.5 Å². The number of ether oxygens (including phenoxy) is 2. The summed E-state index contributed by atoms with van der Waals surface area (Å²) in [4.78, 5) is 13.1. The maximum atomic E-state index is 13.1. The van der Waals surface area contributed by atoms with Crippen molar-refractivity contribution < 1.29 is 39.8 Å². The van der Waals surface area contributed by atoms with Gasteiger partial charge in [0.25, 0.3) is 0 Å². The Morgan fingerprint density at radius 3 is 1.14 bits per heavy atom. The van der Waals surface area contributed by atoms with Gasteiger partial charge in [-0.15, -0.1) is 0 Å². The molecule has 1 fully saturated rings. The van der Waals surface area contributed by atoms with Crippen molar-refractivity contribution in [1.82, 2.24) is 5.32 Å². The smallest absolute Gasteiger partial charge is 0.220 e. The van der Waals surface area contributed by atoms with Crippen LogP contribution in [0.3, 0.4) is 0 Å². The predicted octanol–water partition coefficient (Wildman–Crippen LogP) is 18.4. The van der Waals surface area contributed by atoms with E-state index in [0.717, 1.165) is 57.8 Å². The minimum Gasteiger partial charge on any atom is -0.394 e. The summed E-state index contributed by atoms with van der Waals surface area (Å²) >= 11 is 0. The van der Waals surface area contributed by atoms with E-state index in [2.05, 4.69) is 79.9 Å². The summed E-state index contributed by atoms with van der Waals surface area (Å²) in [5.74, 6) is -0.187. The quantitative estimate of drug-likeness (QED) is 0.0261. The Labute approximate surface area is 493 Å². The molecule has 0 aromatic rings. The van der Waals surface area contributed by atoms with Gasteiger partial charge >= 0.3 is 0 Å². The molecule has 0 radical (unpaired) electrons. The maximum Gasteiger partial charge on any atom is 0.220 e. The summed E-state index contributed by atoms with van der Waals surface area (Å²) in [7, 11) is 0. The number of amides is 1. The molecule has 6 N–H and O–H groups in total. The van der Waals surface area contributed by atoms with Gasteiger partial charge in [-0.3, -0.25) is 4.79 Å². The van der Waals surface area contributed by atoms with Gasteiger partial charge in [0.1, 0.15) is 24.4 Å². The van der Waals surface area contributed by atoms with Crippen LogP contribution in [0.15, 0.2) is 72.9 Å². The van der Waals surface area contributed by atoms with Crippen LogP contribution in [-0.2, 0) is 14.3 Å². The largest absolute Gasteiger partial charge is 0.394 e. The summed E-state index contributed by atoms with van der Waals surface area (Å²) in [6.07, 6.45) is 77.3. The van der Waals surface area contributed by atoms with Gasteiger partial charge in [-0.2, -0.15) is 0 Å². The zero-order chi connectivity index (χ0) is 57.9. The van der Waals surface area contributed by atoms with Gasteiger partial charge in [0.05, 0.1) is 25.4 Å². The monoisotopic (exact) mass is 1120 g/mol. The average molecular weight is 1120 g/mol. The van der Waals surface area contributed by atoms with Crippen LogP contribution in [0.5, 0.6) is 0 Å². The van der Waals surface area contributed by atoms with Gasteiger partial charge in [-0.05, 0) is 83.5 Å². The Balaban J connectivity index is 2.08. The molecule has 0 aromatic heterocycles. The summed E-state index contributed by atoms with van der Waals surface area (Å²) in [6, 6.07) is -0.830. The number of aliphatic hydroxyl groups is 5. The third kappa shape index (κ3) is 48.0. The third-order valence-electron chi connectivity index (χ3n) is 16.0. The summed E-state index contributed by atoms with van der Waals surface area (Å²) in [5.41, 5.74) is 0. The fraction of sp³-hybridized carbons (Fsp3) is 0.817. The van der Waals surface area contributed by atoms with Crippen molar-refractivity contribution in [2.45, 2.75) is 358 Å². The molecule has 1 heterocycles. The molecule has 0 spiro atoms. The van der Waals surface area contributed by atoms with Gasteiger partial charge < -0.3 is 40.3 Å². The van der Waals surface area contributed by atoms with E-state index in [1.54, 1.807) is 6.08 Å². The predicted molar refractivity (Wildman–Crippen MR) is 341 cm³/mol. The molecule has 0 aromatic carbocycles. The Kier molecular flexibility index (Phi) is 56.5. The topological polar surface area (TPSA) is 149 Å². The number of hydrogen-bond acceptors (Lipinski definition) is 8. The van der Waals surface area contributed by atoms with Crippen molar-refractivity contribution in [1.29, 1.82) is 0 Å². The first kappa shape index (κ1) is 75.6. The Morgan fingerprint density at radius 2 is 0.750 bits per heavy atom. The average Bonchev–Trinajstić information content (AvgIpc) is 3.46. The third-order valence-corrected chi connectivity index (χ3v) is 16.0. The normalized spacial score (nSPS) is 18.9. The molecule has 1 aliphatic heterocycles. The highest BCUT2D eigenvalue weighted by atomic mass is 16.7. The first-order chi connectivity index (χ1) is 39.3. The van der Waals surface area contributed by atoms with Crippen LogP contribution in [0.1, 0.15) is 316 Å². The van der Waals surface area contributed by atoms with E-state index in [0.29, 0.717) is 6.42 Å². The van der Waals surface area contributed by atoms with Crippen molar-refractivity contribution in [2.75, 3.05) is 13.2 Å². The molecule has 9 nitrogen and oxygen atoms in total. The molecule has 7 atom stereocenters. The molecule has 80 heavy (non-hydrogen) atoms. The van der Waals surface area contributed by atoms with Gasteiger partial charge in [0.2, 0.25) is 5.91 Å². The maximum absolute atomic E-state index is 13.1. The minimum atomic E-state index is -1.58. The SMILES string of the molecule is CCCCCCC/C=C\C/C=C\C/C=C\CCCCCCCCCCCCCCCCCCCCCCCCCCC(=O)NC(COC1OC(CO)C(O)C(O)C1O)C(O)/C=C/CC/C=C/CC/C=C/CCCCCCCCCC. The fourth-order valence-corrected chi connectivity index (χ4v) is 10.6. The van der Waals surface area contributed by atoms with E-state index in [-0.39, 0.29) is 12.5 Å². The summed E-state index contributed by atoms with van der Waals surface area (Å²) in [6.45, 7) is 3.76. The molecule has 0 bridgehead atoms. The molecule has 1 saturated heterocycles. The second-order valence-electron chi connectivity index (χ2n) is 23.6. The molecular weight excluding hydrogens is 995 g/mol. The fourth-order valence-electron chi connectivity index (χ4n) is 10.6. The number of hydrogen-bond donors (Lipinski definition) is 6. The Morgan fingerprint density at radius 1 is 0.425 bits per heavy atom. The number of allylic oxidation sites excluding steroid dienone is 11. The van der Waals surface area contributed by atoms with Crippen molar-refractivity contribution in [3.8, 4) is 0 Å². The molecule has 0 aliphatic carbocycles. The summed E-state index contributed by atoms with van der Waals surface area (Å²) < 4.78 is 11.3. The van der Waals surface area contributed by atoms with E-state index >= 15 is 0 Å². The molecular formula is C71H129NO8. The van der Waals surface area contributed by atoms with Gasteiger partial charge in [0, 0.05) is 6.42 Å². The first-order valence-corrected chi connectivity index (χ1v) is 34.2. The Bertz CT molecular complexity index is 1490. The summed E-state index contributed by atoms with van der Waals surface area (Å²) in [5, 5.41) is 54.6. The van der Waals surface area contributed by atoms with Gasteiger partial charge in [0.15, 0.2) is 6.29 Å². The molecule has 7 unspecified atom stereocenters. The lowest BCUT2D eigenvalue weighted by Crippen LogP contribution is -2.60. The molecule has 466 valence electrons. The zero-order valence-corrected chi connectivity index (χ0v) is 52.1. The lowest BCUT2D eigenvalue weighted by Gasteiger charge is -2.40. The highest BCUT2D eigenvalue weighted by Crippen LogP contribution is 2.23. The van der Waals surface area contributed by atoms with E-state index in [9.17, 15) is 30.3 Å². The Hall–Kier alpha value is -2.37. The number of rotatable bonds is 59. The number of nitrogens with one attached hydrogen (secondary N) is 1. The van der Waals surface area contributed by atoms with Crippen LogP contribution in [0.4, 0.5) is 0 Å². The van der Waals surface area contributed by atoms with Gasteiger partial charge in [-0.25, -0.2) is 0 Å². The van der Waals surface area contributed by atoms with Crippen LogP contribution in [0.25, 0.3) is 0 Å². The zero-order valence-electron chi connectivity index (χ0n) is 52.1. The van der Waals surface area contributed by atoms with Crippen molar-refractivity contribution in [2.24, 2.45) is 0 Å². The molecule has 1 amide bonds. The standard InChI is InChI=1S/C71H129NO8/c1-3-5-7-9-11-13-15-17-19-21-23-24-25-26-27-28-29-30-31-32-33-34-35-36-37-38-39-40-41-42-43-45-47-49-51-53-55-57-59-61-67(75)72-64(63-79-71-70(78)69(77)68(76)66(62-73)80-71)65(74)60-58-56-54-52-50-48-46-44-22-20-18-16-14-12-10-8-6-4-2/h15,17,21-23,25-26,44,50,52,58,60,64-66,68-71,73-74,76-78H,3-14,16,18-20,24,27-43,45-49,51,53-57,59,61-63H2,1-2H3,(H,72,75)/b17-15-,23-21-,26-25-,44-22+,52-50+,60-58+. The molecule has 9 heteroatoms. The van der Waals surface area contributed by atoms with E-state index in [1.807, 2.05) is 6.08 Å². The number of aliphatic hydroxyl groups excluding tert-OH is 5. The van der Waals surface area contributed by atoms with Crippen LogP contribution in [0, 0.1) is 0 Å². The highest BCUT2D eigenvalue weighted by Gasteiger charge is 2.44. The minimum absolute atomic E-state index is 0.187. The lowest BCUT2D eigenvalue weighted by molar-refractivity contribution is -0.302. The van der Waals surface area contributed by atoms with Crippen molar-refractivity contribution in [3.63, 3.8) is 0 Å². The van der Waals surface area contributed by atoms with Crippen LogP contribution in [-0.4, -0.2) is 87.5 Å². The lowest BCUT2D eigenvalue weighted by atomic mass is 9.99. The number of carbonyl (C=O) groups excluding carboxylic acids is 1. The molecule has 1 rings (SSSR count). The first-order valence-electron chi connectivity index (χ1n) is 34.2. The van der Waals surface area contributed by atoms with E-state index in [1.165, 1.54) is 238 Å². The number of carbonyl (C=O) groups is 1. The highest BCUT2D eigenvalue weighted by molar-refractivity contribution is 5.76. The van der Waals surface area contributed by atoms with Crippen LogP contribution >= 0.6 is 0 Å². The van der Waals surface area contributed by atoms with Crippen LogP contribution < -0.4 is 5.32 Å². The number of unbranched alkanes of at least 4 members (excludes halogenated alkanes) is 39. The van der Waals surface area contributed by atoms with E-state index in [4.69, 9.17) is 9.47 Å². The van der Waals surface area contributed by atoms with Crippen LogP contribution in [0.2, 0.25) is 0 Å². The second kappa shape index (κ2) is 59.8.